The minimum absolute atomic E-state index is 0.0259. The summed E-state index contributed by atoms with van der Waals surface area (Å²) in [5.74, 6) is -0.903. The van der Waals surface area contributed by atoms with E-state index < -0.39 is 42.0 Å². The van der Waals surface area contributed by atoms with Crippen LogP contribution in [0.3, 0.4) is 0 Å². The molecule has 1 aliphatic carbocycles. The van der Waals surface area contributed by atoms with E-state index in [-0.39, 0.29) is 47.8 Å². The summed E-state index contributed by atoms with van der Waals surface area (Å²) < 4.78 is 10.7. The molecule has 14 nitrogen and oxygen atoms in total. The molecule has 0 spiro atoms. The van der Waals surface area contributed by atoms with E-state index in [1.165, 1.54) is 25.4 Å². The number of amides is 3. The zero-order valence-electron chi connectivity index (χ0n) is 32.0. The molecule has 290 valence electrons. The highest BCUT2D eigenvalue weighted by atomic mass is 32.1. The summed E-state index contributed by atoms with van der Waals surface area (Å²) in [7, 11) is 3.07. The second kappa shape index (κ2) is 17.9. The quantitative estimate of drug-likeness (QED) is 0.226. The fourth-order valence-corrected chi connectivity index (χ4v) is 8.48. The number of esters is 2. The van der Waals surface area contributed by atoms with Gasteiger partial charge in [-0.3, -0.25) is 28.9 Å². The van der Waals surface area contributed by atoms with Crippen LogP contribution in [0.1, 0.15) is 106 Å². The van der Waals surface area contributed by atoms with Crippen molar-refractivity contribution in [3.05, 3.63) is 39.9 Å². The number of rotatable bonds is 17. The van der Waals surface area contributed by atoms with Gasteiger partial charge in [0.25, 0.3) is 5.91 Å². The van der Waals surface area contributed by atoms with E-state index >= 15 is 0 Å². The van der Waals surface area contributed by atoms with Crippen LogP contribution in [-0.2, 0) is 35.1 Å². The summed E-state index contributed by atoms with van der Waals surface area (Å²) >= 11 is 1.20. The van der Waals surface area contributed by atoms with Crippen LogP contribution < -0.4 is 10.6 Å². The van der Waals surface area contributed by atoms with Gasteiger partial charge in [0.2, 0.25) is 11.8 Å². The molecule has 3 saturated heterocycles. The van der Waals surface area contributed by atoms with Crippen molar-refractivity contribution in [1.29, 1.82) is 0 Å². The number of hydrogen-bond donors (Lipinski definition) is 2. The largest absolute Gasteiger partial charge is 0.469 e. The Morgan fingerprint density at radius 1 is 1.02 bits per heavy atom. The number of aryl methyl sites for hydroxylation is 1. The second-order valence-corrected chi connectivity index (χ2v) is 16.3. The normalized spacial score (nSPS) is 22.2. The lowest BCUT2D eigenvalue weighted by atomic mass is 9.83. The Balaban J connectivity index is 1.28. The van der Waals surface area contributed by atoms with Crippen LogP contribution in [0.25, 0.3) is 0 Å². The number of nitrogens with one attached hydrogen (secondary N) is 2. The van der Waals surface area contributed by atoms with Crippen LogP contribution in [-0.4, -0.2) is 106 Å². The number of aromatic nitrogens is 3. The molecule has 2 N–H and O–H groups in total. The molecule has 0 radical (unpaired) electrons. The van der Waals surface area contributed by atoms with Gasteiger partial charge in [0.15, 0.2) is 6.10 Å². The zero-order valence-corrected chi connectivity index (χ0v) is 32.8. The van der Waals surface area contributed by atoms with E-state index in [1.54, 1.807) is 36.6 Å². The average Bonchev–Trinajstić information content (AvgIpc) is 3.86. The number of methoxy groups -OCH3 is 1. The molecule has 4 fully saturated rings. The van der Waals surface area contributed by atoms with Crippen LogP contribution >= 0.6 is 11.3 Å². The van der Waals surface area contributed by atoms with E-state index in [0.717, 1.165) is 50.8 Å². The summed E-state index contributed by atoms with van der Waals surface area (Å²) in [6, 6.07) is -1.66. The third kappa shape index (κ3) is 10.6. The predicted molar refractivity (Wildman–Crippen MR) is 198 cm³/mol. The molecule has 0 aromatic carbocycles. The minimum Gasteiger partial charge on any atom is -0.469 e. The first kappa shape index (κ1) is 40.2. The molecule has 4 aliphatic rings. The number of nitrogens with zero attached hydrogens (tertiary/aromatic N) is 5. The fourth-order valence-electron chi connectivity index (χ4n) is 7.64. The summed E-state index contributed by atoms with van der Waals surface area (Å²) in [4.78, 5) is 83.2. The van der Waals surface area contributed by atoms with Gasteiger partial charge in [0.1, 0.15) is 22.6 Å². The van der Waals surface area contributed by atoms with E-state index in [1.807, 2.05) is 20.8 Å². The van der Waals surface area contributed by atoms with Crippen molar-refractivity contribution in [2.24, 2.45) is 23.7 Å². The van der Waals surface area contributed by atoms with E-state index in [0.29, 0.717) is 29.6 Å². The highest BCUT2D eigenvalue weighted by molar-refractivity contribution is 7.09. The predicted octanol–water partition coefficient (Wildman–Crippen LogP) is 3.64. The van der Waals surface area contributed by atoms with Gasteiger partial charge in [-0.1, -0.05) is 20.8 Å². The van der Waals surface area contributed by atoms with Gasteiger partial charge in [-0.15, -0.1) is 11.3 Å². The molecule has 6 rings (SSSR count). The Labute approximate surface area is 316 Å². The van der Waals surface area contributed by atoms with Gasteiger partial charge in [-0.2, -0.15) is 0 Å². The van der Waals surface area contributed by atoms with Crippen molar-refractivity contribution < 1.29 is 33.4 Å². The Bertz CT molecular complexity index is 1610. The van der Waals surface area contributed by atoms with Gasteiger partial charge >= 0.3 is 11.9 Å². The van der Waals surface area contributed by atoms with Crippen LogP contribution in [0.2, 0.25) is 0 Å². The second-order valence-electron chi connectivity index (χ2n) is 15.4. The number of carbonyl (C=O) groups excluding carboxylic acids is 5. The number of hydrogen-bond acceptors (Lipinski definition) is 12. The topological polar surface area (TPSA) is 173 Å². The Hall–Kier alpha value is -3.98. The van der Waals surface area contributed by atoms with Gasteiger partial charge < -0.3 is 25.0 Å². The van der Waals surface area contributed by atoms with E-state index in [9.17, 15) is 24.0 Å². The summed E-state index contributed by atoms with van der Waals surface area (Å²) in [6.45, 7) is 10.8. The lowest BCUT2D eigenvalue weighted by molar-refractivity contribution is -0.149. The first-order chi connectivity index (χ1) is 25.2. The fraction of sp³-hybridized carbons (Fsp3) is 0.684. The lowest BCUT2D eigenvalue weighted by Crippen LogP contribution is -2.59. The molecule has 5 heterocycles. The maximum atomic E-state index is 14.2. The van der Waals surface area contributed by atoms with Crippen molar-refractivity contribution in [1.82, 2.24) is 35.4 Å². The molecule has 1 saturated carbocycles. The van der Waals surface area contributed by atoms with Crippen molar-refractivity contribution in [3.63, 3.8) is 0 Å². The first-order valence-corrected chi connectivity index (χ1v) is 19.7. The monoisotopic (exact) mass is 753 g/mol. The SMILES string of the molecule is COC(=O)[C@@H](C)C[C@H](Cc1ncc(C)cn1)NC(=O)c1csc([C@@H](C[C@H](C(C)C)N(C)C(=O)[C@@H](NC(=O)[C@H]2CC3CCN2CC3)C2CC2)OC(C)=O)n1. The van der Waals surface area contributed by atoms with Crippen molar-refractivity contribution >= 4 is 41.0 Å². The maximum absolute atomic E-state index is 14.2. The Kier molecular flexibility index (Phi) is 13.6. The van der Waals surface area contributed by atoms with Crippen LogP contribution in [0, 0.1) is 30.6 Å². The molecule has 15 heteroatoms. The number of carbonyl (C=O) groups is 5. The minimum atomic E-state index is -0.822. The lowest BCUT2D eigenvalue weighted by Gasteiger charge is -2.45. The summed E-state index contributed by atoms with van der Waals surface area (Å²) in [5.41, 5.74) is 1.04. The molecule has 0 unspecified atom stereocenters. The van der Waals surface area contributed by atoms with Crippen LogP contribution in [0.4, 0.5) is 0 Å². The number of thiazole rings is 1. The molecule has 2 aromatic heterocycles. The van der Waals surface area contributed by atoms with Gasteiger partial charge in [-0.25, -0.2) is 15.0 Å². The number of fused-ring (bicyclic) bond motifs is 3. The standard InChI is InChI=1S/C38H55N7O7S/c1-21(2)29(44(6)37(49)33(26-8-9-26)43-35(48)30-15-25-10-12-45(30)13-11-25)17-31(52-24(5)46)36-42-28(20-53-36)34(47)41-27(14-23(4)38(50)51-7)16-32-39-18-22(3)19-40-32/h18-21,23,25-27,29-31,33H,8-17H2,1-7H3,(H,41,47)(H,43,48)/t23-,27+,29+,30+,31+,33-/m0/s1. The van der Waals surface area contributed by atoms with E-state index in [4.69, 9.17) is 9.47 Å². The Morgan fingerprint density at radius 2 is 1.70 bits per heavy atom. The molecule has 3 amide bonds. The molecule has 6 atom stereocenters. The van der Waals surface area contributed by atoms with E-state index in [2.05, 4.69) is 30.5 Å². The first-order valence-electron chi connectivity index (χ1n) is 18.8. The molecule has 3 aliphatic heterocycles. The van der Waals surface area contributed by atoms with Gasteiger partial charge in [0, 0.05) is 56.7 Å². The van der Waals surface area contributed by atoms with Crippen molar-refractivity contribution in [3.8, 4) is 0 Å². The average molecular weight is 754 g/mol. The summed E-state index contributed by atoms with van der Waals surface area (Å²) in [5, 5.41) is 8.17. The molecule has 2 bridgehead atoms. The molecule has 53 heavy (non-hydrogen) atoms. The molecular formula is C38H55N7O7S. The number of piperidine rings is 3. The molecular weight excluding hydrogens is 699 g/mol. The highest BCUT2D eigenvalue weighted by Crippen LogP contribution is 2.37. The number of ether oxygens (including phenoxy) is 2. The van der Waals surface area contributed by atoms with Crippen LogP contribution in [0.5, 0.6) is 0 Å². The van der Waals surface area contributed by atoms with Gasteiger partial charge in [-0.05, 0) is 81.9 Å². The molecule has 2 aromatic rings. The van der Waals surface area contributed by atoms with Crippen molar-refractivity contribution in [2.45, 2.75) is 116 Å². The zero-order chi connectivity index (χ0) is 38.4. The third-order valence-electron chi connectivity index (χ3n) is 10.9. The smallest absolute Gasteiger partial charge is 0.308 e. The third-order valence-corrected chi connectivity index (χ3v) is 11.8. The van der Waals surface area contributed by atoms with Crippen molar-refractivity contribution in [2.75, 3.05) is 27.2 Å². The number of likely N-dealkylation sites (N-methyl/N-ethyl adjacent to an activating group) is 1. The summed E-state index contributed by atoms with van der Waals surface area (Å²) in [6.07, 6.45) is 8.27. The highest BCUT2D eigenvalue weighted by Gasteiger charge is 2.44. The van der Waals surface area contributed by atoms with Gasteiger partial charge in [0.05, 0.1) is 19.1 Å². The maximum Gasteiger partial charge on any atom is 0.308 e. The Morgan fingerprint density at radius 3 is 2.26 bits per heavy atom. The van der Waals surface area contributed by atoms with Crippen LogP contribution in [0.15, 0.2) is 17.8 Å².